The third-order valence-corrected chi connectivity index (χ3v) is 6.34. The van der Waals surface area contributed by atoms with E-state index in [0.29, 0.717) is 0 Å². The fourth-order valence-electron chi connectivity index (χ4n) is 4.50. The summed E-state index contributed by atoms with van der Waals surface area (Å²) in [6, 6.07) is 17.2. The zero-order valence-electron chi connectivity index (χ0n) is 18.3. The van der Waals surface area contributed by atoms with Gasteiger partial charge in [-0.3, -0.25) is 4.79 Å². The quantitative estimate of drug-likeness (QED) is 0.635. The number of fused-ring (bicyclic) bond motifs is 1. The zero-order chi connectivity index (χ0) is 21.1. The molecular formula is C25H33N4O+. The van der Waals surface area contributed by atoms with E-state index in [2.05, 4.69) is 84.0 Å². The van der Waals surface area contributed by atoms with Crippen molar-refractivity contribution >= 4 is 22.5 Å². The van der Waals surface area contributed by atoms with Crippen molar-refractivity contribution in [3.63, 3.8) is 0 Å². The lowest BCUT2D eigenvalue weighted by molar-refractivity contribution is -0.675. The van der Waals surface area contributed by atoms with Gasteiger partial charge in [0.1, 0.15) is 0 Å². The van der Waals surface area contributed by atoms with Gasteiger partial charge in [0.25, 0.3) is 5.91 Å². The average Bonchev–Trinajstić information content (AvgIpc) is 3.44. The molecular weight excluding hydrogens is 372 g/mol. The SMILES string of the molecule is C[C@@H]([NH2+]C[C@@H](c1ccc(N(C)C)cc1)c1c[nH]c2ccccc12)C(=O)N1CCCC1. The number of likely N-dealkylation sites (tertiary alicyclic amines) is 1. The molecule has 0 bridgehead atoms. The van der Waals surface area contributed by atoms with Crippen molar-refractivity contribution in [2.75, 3.05) is 38.6 Å². The van der Waals surface area contributed by atoms with E-state index in [9.17, 15) is 4.79 Å². The predicted octanol–water partition coefficient (Wildman–Crippen LogP) is 2.94. The summed E-state index contributed by atoms with van der Waals surface area (Å²) in [5.74, 6) is 0.485. The number of benzene rings is 2. The van der Waals surface area contributed by atoms with Crippen LogP contribution in [0.2, 0.25) is 0 Å². The van der Waals surface area contributed by atoms with Gasteiger partial charge in [0.15, 0.2) is 6.04 Å². The molecule has 0 saturated carbocycles. The molecule has 1 aromatic heterocycles. The Kier molecular flexibility index (Phi) is 6.09. The fourth-order valence-corrected chi connectivity index (χ4v) is 4.50. The van der Waals surface area contributed by atoms with Gasteiger partial charge in [-0.15, -0.1) is 0 Å². The van der Waals surface area contributed by atoms with E-state index in [1.807, 2.05) is 11.8 Å². The number of hydrogen-bond acceptors (Lipinski definition) is 2. The molecule has 4 rings (SSSR count). The Balaban J connectivity index is 1.59. The van der Waals surface area contributed by atoms with Gasteiger partial charge in [0, 0.05) is 50.0 Å². The summed E-state index contributed by atoms with van der Waals surface area (Å²) < 4.78 is 0. The maximum atomic E-state index is 12.8. The monoisotopic (exact) mass is 405 g/mol. The second-order valence-corrected chi connectivity index (χ2v) is 8.62. The van der Waals surface area contributed by atoms with E-state index in [-0.39, 0.29) is 17.9 Å². The van der Waals surface area contributed by atoms with E-state index in [0.717, 1.165) is 38.0 Å². The van der Waals surface area contributed by atoms with E-state index in [1.165, 1.54) is 22.2 Å². The van der Waals surface area contributed by atoms with Crippen LogP contribution in [0.4, 0.5) is 5.69 Å². The van der Waals surface area contributed by atoms with Crippen LogP contribution in [0.3, 0.4) is 0 Å². The molecule has 3 N–H and O–H groups in total. The third-order valence-electron chi connectivity index (χ3n) is 6.34. The van der Waals surface area contributed by atoms with Gasteiger partial charge >= 0.3 is 0 Å². The van der Waals surface area contributed by atoms with Crippen molar-refractivity contribution in [2.24, 2.45) is 0 Å². The van der Waals surface area contributed by atoms with E-state index in [4.69, 9.17) is 0 Å². The van der Waals surface area contributed by atoms with Gasteiger partial charge in [-0.25, -0.2) is 0 Å². The number of aromatic amines is 1. The highest BCUT2D eigenvalue weighted by Crippen LogP contribution is 2.30. The molecule has 3 aromatic rings. The Morgan fingerprint density at radius 1 is 1.10 bits per heavy atom. The van der Waals surface area contributed by atoms with Crippen LogP contribution in [0.25, 0.3) is 10.9 Å². The van der Waals surface area contributed by atoms with Gasteiger partial charge in [0.2, 0.25) is 0 Å². The summed E-state index contributed by atoms with van der Waals surface area (Å²) in [5.41, 5.74) is 4.92. The van der Waals surface area contributed by atoms with Gasteiger partial charge in [-0.1, -0.05) is 30.3 Å². The highest BCUT2D eigenvalue weighted by Gasteiger charge is 2.27. The van der Waals surface area contributed by atoms with Crippen LogP contribution < -0.4 is 10.2 Å². The number of amides is 1. The van der Waals surface area contributed by atoms with Crippen LogP contribution >= 0.6 is 0 Å². The van der Waals surface area contributed by atoms with Crippen molar-refractivity contribution in [3.8, 4) is 0 Å². The summed E-state index contributed by atoms with van der Waals surface area (Å²) in [4.78, 5) is 20.4. The molecule has 0 aliphatic carbocycles. The van der Waals surface area contributed by atoms with E-state index >= 15 is 0 Å². The molecule has 2 heterocycles. The summed E-state index contributed by atoms with van der Waals surface area (Å²) in [7, 11) is 4.12. The number of anilines is 1. The van der Waals surface area contributed by atoms with Gasteiger partial charge in [-0.2, -0.15) is 0 Å². The number of quaternary nitrogens is 1. The fraction of sp³-hybridized carbons (Fsp3) is 0.400. The largest absolute Gasteiger partial charge is 0.378 e. The third kappa shape index (κ3) is 4.21. The second kappa shape index (κ2) is 8.92. The van der Waals surface area contributed by atoms with Crippen LogP contribution in [0, 0.1) is 0 Å². The van der Waals surface area contributed by atoms with Crippen LogP contribution in [0.1, 0.15) is 36.8 Å². The topological polar surface area (TPSA) is 56.0 Å². The second-order valence-electron chi connectivity index (χ2n) is 8.62. The molecule has 0 unspecified atom stereocenters. The highest BCUT2D eigenvalue weighted by molar-refractivity contribution is 5.84. The molecule has 158 valence electrons. The van der Waals surface area contributed by atoms with Crippen molar-refractivity contribution in [3.05, 3.63) is 65.9 Å². The van der Waals surface area contributed by atoms with Crippen molar-refractivity contribution in [1.29, 1.82) is 0 Å². The maximum absolute atomic E-state index is 12.8. The van der Waals surface area contributed by atoms with Gasteiger partial charge in [0.05, 0.1) is 12.5 Å². The van der Waals surface area contributed by atoms with E-state index in [1.54, 1.807) is 0 Å². The standard InChI is InChI=1S/C25H32N4O/c1-18(25(30)29-14-6-7-15-29)26-16-22(19-10-12-20(13-11-19)28(2)3)23-17-27-24-9-5-4-8-21(23)24/h4-5,8-13,17-18,22,26-27H,6-7,14-16H2,1-3H3/p+1/t18-,22+/m1/s1. The van der Waals surface area contributed by atoms with Crippen molar-refractivity contribution < 1.29 is 10.1 Å². The number of aromatic nitrogens is 1. The first kappa shape index (κ1) is 20.5. The molecule has 2 atom stereocenters. The Morgan fingerprint density at radius 3 is 2.50 bits per heavy atom. The van der Waals surface area contributed by atoms with Gasteiger partial charge < -0.3 is 20.1 Å². The van der Waals surface area contributed by atoms with Crippen LogP contribution in [-0.4, -0.2) is 55.6 Å². The number of rotatable bonds is 7. The molecule has 0 spiro atoms. The maximum Gasteiger partial charge on any atom is 0.280 e. The Morgan fingerprint density at radius 2 is 1.80 bits per heavy atom. The van der Waals surface area contributed by atoms with Crippen molar-refractivity contribution in [2.45, 2.75) is 31.7 Å². The number of carbonyl (C=O) groups is 1. The number of nitrogens with two attached hydrogens (primary N) is 1. The number of para-hydroxylation sites is 1. The predicted molar refractivity (Wildman–Crippen MR) is 123 cm³/mol. The smallest absolute Gasteiger partial charge is 0.280 e. The lowest BCUT2D eigenvalue weighted by atomic mass is 9.90. The first-order valence-electron chi connectivity index (χ1n) is 11.0. The van der Waals surface area contributed by atoms with Gasteiger partial charge in [-0.05, 0) is 49.1 Å². The lowest BCUT2D eigenvalue weighted by Crippen LogP contribution is -2.92. The minimum absolute atomic E-state index is 0.0585. The molecule has 2 aromatic carbocycles. The molecule has 1 saturated heterocycles. The van der Waals surface area contributed by atoms with Crippen LogP contribution in [0.5, 0.6) is 0 Å². The molecule has 1 aliphatic rings. The number of nitrogens with one attached hydrogen (secondary N) is 1. The van der Waals surface area contributed by atoms with E-state index < -0.39 is 0 Å². The molecule has 0 radical (unpaired) electrons. The highest BCUT2D eigenvalue weighted by atomic mass is 16.2. The minimum atomic E-state index is -0.0585. The van der Waals surface area contributed by atoms with Crippen LogP contribution in [-0.2, 0) is 4.79 Å². The zero-order valence-corrected chi connectivity index (χ0v) is 18.3. The Bertz CT molecular complexity index is 986. The van der Waals surface area contributed by atoms with Crippen LogP contribution in [0.15, 0.2) is 54.7 Å². The number of H-pyrrole nitrogens is 1. The molecule has 1 fully saturated rings. The first-order chi connectivity index (χ1) is 14.5. The summed E-state index contributed by atoms with van der Waals surface area (Å²) in [6.07, 6.45) is 4.40. The number of hydrogen-bond donors (Lipinski definition) is 2. The molecule has 5 nitrogen and oxygen atoms in total. The first-order valence-corrected chi connectivity index (χ1v) is 11.0. The Labute approximate surface area is 179 Å². The summed E-state index contributed by atoms with van der Waals surface area (Å²) in [5, 5.41) is 3.47. The average molecular weight is 406 g/mol. The minimum Gasteiger partial charge on any atom is -0.378 e. The summed E-state index contributed by atoms with van der Waals surface area (Å²) >= 11 is 0. The Hall–Kier alpha value is -2.79. The van der Waals surface area contributed by atoms with Crippen molar-refractivity contribution in [1.82, 2.24) is 9.88 Å². The molecule has 30 heavy (non-hydrogen) atoms. The number of nitrogens with zero attached hydrogens (tertiary/aromatic N) is 2. The summed E-state index contributed by atoms with van der Waals surface area (Å²) in [6.45, 7) is 4.70. The molecule has 1 amide bonds. The molecule has 5 heteroatoms. The molecule has 1 aliphatic heterocycles. The lowest BCUT2D eigenvalue weighted by Gasteiger charge is -2.22. The normalized spacial score (nSPS) is 16.0. The number of carbonyl (C=O) groups excluding carboxylic acids is 1.